The fraction of sp³-hybridized carbons (Fsp3) is 0.600. The molecule has 0 saturated heterocycles. The van der Waals surface area contributed by atoms with Crippen LogP contribution < -0.4 is 0 Å². The molecule has 1 saturated carbocycles. The molecule has 1 rings (SSSR count). The van der Waals surface area contributed by atoms with E-state index < -0.39 is 0 Å². The van der Waals surface area contributed by atoms with Gasteiger partial charge >= 0.3 is 0 Å². The molecule has 0 bridgehead atoms. The van der Waals surface area contributed by atoms with Gasteiger partial charge in [-0.05, 0) is 18.8 Å². The van der Waals surface area contributed by atoms with E-state index in [-0.39, 0.29) is 21.1 Å². The minimum atomic E-state index is 0. The van der Waals surface area contributed by atoms with E-state index in [2.05, 4.69) is 18.7 Å². The molecule has 11 heavy (non-hydrogen) atoms. The quantitative estimate of drug-likeness (QED) is 0.542. The Balaban J connectivity index is 0.000001000. The second-order valence-corrected chi connectivity index (χ2v) is 2.94. The van der Waals surface area contributed by atoms with Crippen LogP contribution in [0, 0.1) is 12.0 Å². The average molecular weight is 319 g/mol. The first-order valence-corrected chi connectivity index (χ1v) is 4.14. The van der Waals surface area contributed by atoms with Crippen LogP contribution in [0.3, 0.4) is 0 Å². The smallest absolute Gasteiger partial charge is 0 e. The van der Waals surface area contributed by atoms with Gasteiger partial charge in [0.25, 0.3) is 0 Å². The zero-order valence-corrected chi connectivity index (χ0v) is 9.82. The van der Waals surface area contributed by atoms with Crippen molar-refractivity contribution < 1.29 is 21.1 Å². The van der Waals surface area contributed by atoms with Gasteiger partial charge in [-0.15, -0.1) is 0 Å². The van der Waals surface area contributed by atoms with Crippen LogP contribution in [0.1, 0.15) is 32.1 Å². The van der Waals surface area contributed by atoms with Gasteiger partial charge in [0.05, 0.1) is 0 Å². The normalized spacial score (nSPS) is 19.6. The molecule has 0 aromatic rings. The molecule has 1 fully saturated rings. The van der Waals surface area contributed by atoms with Gasteiger partial charge in [-0.3, -0.25) is 6.08 Å². The standard InChI is InChI=1S/C10H15.W/c1-2-3-7-10-8-5-4-6-9-10;/h2,7,10H,1,4-6,8-9H2;/q-1;. The van der Waals surface area contributed by atoms with Crippen LogP contribution in [0.4, 0.5) is 0 Å². The molecular formula is C10H15W-. The van der Waals surface area contributed by atoms with Gasteiger partial charge in [0.2, 0.25) is 0 Å². The van der Waals surface area contributed by atoms with Crippen molar-refractivity contribution in [2.45, 2.75) is 32.1 Å². The SMILES string of the molecule is C=C[C-]=CC1CCCCC1.[W]. The van der Waals surface area contributed by atoms with E-state index in [1.165, 1.54) is 32.1 Å². The topological polar surface area (TPSA) is 0 Å². The van der Waals surface area contributed by atoms with Gasteiger partial charge in [0.15, 0.2) is 0 Å². The van der Waals surface area contributed by atoms with E-state index in [9.17, 15) is 0 Å². The predicted octanol–water partition coefficient (Wildman–Crippen LogP) is 3.11. The van der Waals surface area contributed by atoms with Crippen molar-refractivity contribution in [2.75, 3.05) is 0 Å². The van der Waals surface area contributed by atoms with E-state index >= 15 is 0 Å². The van der Waals surface area contributed by atoms with Crippen LogP contribution in [-0.4, -0.2) is 0 Å². The van der Waals surface area contributed by atoms with Crippen molar-refractivity contribution in [3.05, 3.63) is 24.8 Å². The van der Waals surface area contributed by atoms with E-state index in [1.54, 1.807) is 6.08 Å². The molecule has 0 amide bonds. The fourth-order valence-corrected chi connectivity index (χ4v) is 1.50. The van der Waals surface area contributed by atoms with Gasteiger partial charge in [-0.2, -0.15) is 6.08 Å². The summed E-state index contributed by atoms with van der Waals surface area (Å²) in [6.45, 7) is 3.60. The van der Waals surface area contributed by atoms with Crippen LogP contribution in [-0.2, 0) is 21.1 Å². The van der Waals surface area contributed by atoms with Crippen LogP contribution in [0.5, 0.6) is 0 Å². The molecule has 0 aromatic carbocycles. The van der Waals surface area contributed by atoms with Crippen molar-refractivity contribution in [1.82, 2.24) is 0 Å². The van der Waals surface area contributed by atoms with Crippen LogP contribution in [0.2, 0.25) is 0 Å². The maximum atomic E-state index is 3.60. The van der Waals surface area contributed by atoms with Gasteiger partial charge in [0.1, 0.15) is 0 Å². The second kappa shape index (κ2) is 6.85. The molecule has 0 radical (unpaired) electrons. The largest absolute Gasteiger partial charge is 0.255 e. The van der Waals surface area contributed by atoms with Crippen molar-refractivity contribution in [2.24, 2.45) is 5.92 Å². The van der Waals surface area contributed by atoms with Crippen molar-refractivity contribution in [1.29, 1.82) is 0 Å². The number of hydrogen-bond acceptors (Lipinski definition) is 0. The Kier molecular flexibility index (Phi) is 6.96. The minimum Gasteiger partial charge on any atom is -0.255 e. The number of hydrogen-bond donors (Lipinski definition) is 0. The van der Waals surface area contributed by atoms with Crippen LogP contribution in [0.15, 0.2) is 18.7 Å². The Labute approximate surface area is 84.0 Å². The predicted molar refractivity (Wildman–Crippen MR) is 44.6 cm³/mol. The molecule has 0 heterocycles. The zero-order valence-electron chi connectivity index (χ0n) is 6.88. The molecule has 62 valence electrons. The van der Waals surface area contributed by atoms with Crippen LogP contribution in [0.25, 0.3) is 0 Å². The van der Waals surface area contributed by atoms with E-state index in [1.807, 2.05) is 0 Å². The Bertz CT molecular complexity index is 121. The molecule has 0 atom stereocenters. The first-order valence-electron chi connectivity index (χ1n) is 4.14. The first kappa shape index (κ1) is 11.2. The van der Waals surface area contributed by atoms with E-state index in [0.717, 1.165) is 5.92 Å². The molecule has 0 aliphatic heterocycles. The summed E-state index contributed by atoms with van der Waals surface area (Å²) in [6, 6.07) is 0. The average Bonchev–Trinajstić information content (AvgIpc) is 2.03. The Morgan fingerprint density at radius 1 is 1.18 bits per heavy atom. The second-order valence-electron chi connectivity index (χ2n) is 2.94. The minimum absolute atomic E-state index is 0. The Morgan fingerprint density at radius 2 is 1.82 bits per heavy atom. The van der Waals surface area contributed by atoms with E-state index in [4.69, 9.17) is 0 Å². The molecule has 1 aliphatic rings. The summed E-state index contributed by atoms with van der Waals surface area (Å²) < 4.78 is 0. The van der Waals surface area contributed by atoms with Crippen molar-refractivity contribution >= 4 is 0 Å². The van der Waals surface area contributed by atoms with Crippen molar-refractivity contribution in [3.63, 3.8) is 0 Å². The summed E-state index contributed by atoms with van der Waals surface area (Å²) in [5, 5.41) is 0. The number of allylic oxidation sites excluding steroid dienone is 3. The molecule has 0 unspecified atom stereocenters. The third-order valence-electron chi connectivity index (χ3n) is 2.10. The summed E-state index contributed by atoms with van der Waals surface area (Å²) in [5.41, 5.74) is 0. The third-order valence-corrected chi connectivity index (χ3v) is 2.10. The summed E-state index contributed by atoms with van der Waals surface area (Å²) in [6.07, 6.45) is 13.9. The van der Waals surface area contributed by atoms with E-state index in [0.29, 0.717) is 0 Å². The zero-order chi connectivity index (χ0) is 7.23. The molecular weight excluding hydrogens is 304 g/mol. The summed E-state index contributed by atoms with van der Waals surface area (Å²) in [4.78, 5) is 0. The maximum Gasteiger partial charge on any atom is 0 e. The summed E-state index contributed by atoms with van der Waals surface area (Å²) in [7, 11) is 0. The molecule has 1 aliphatic carbocycles. The Morgan fingerprint density at radius 3 is 2.36 bits per heavy atom. The van der Waals surface area contributed by atoms with Crippen molar-refractivity contribution in [3.8, 4) is 0 Å². The summed E-state index contributed by atoms with van der Waals surface area (Å²) >= 11 is 0. The molecule has 0 aromatic heterocycles. The summed E-state index contributed by atoms with van der Waals surface area (Å²) in [5.74, 6) is 0.798. The number of rotatable bonds is 2. The van der Waals surface area contributed by atoms with Gasteiger partial charge in [-0.1, -0.05) is 19.3 Å². The fourth-order valence-electron chi connectivity index (χ4n) is 1.50. The molecule has 0 nitrogen and oxygen atoms in total. The molecule has 0 N–H and O–H groups in total. The molecule has 1 heteroatoms. The van der Waals surface area contributed by atoms with Crippen LogP contribution >= 0.6 is 0 Å². The van der Waals surface area contributed by atoms with Gasteiger partial charge in [-0.25, -0.2) is 12.7 Å². The molecule has 0 spiro atoms. The van der Waals surface area contributed by atoms with Gasteiger partial charge < -0.3 is 0 Å². The van der Waals surface area contributed by atoms with Gasteiger partial charge in [0, 0.05) is 21.1 Å². The Hall–Kier alpha value is 0.168. The maximum absolute atomic E-state index is 3.60. The third kappa shape index (κ3) is 4.58. The monoisotopic (exact) mass is 319 g/mol. The first-order chi connectivity index (χ1) is 4.93.